The van der Waals surface area contributed by atoms with E-state index < -0.39 is 35.1 Å². The Balaban J connectivity index is 1.49. The molecular formula is C33H43N3O6. The molecule has 42 heavy (non-hydrogen) atoms. The van der Waals surface area contributed by atoms with Crippen LogP contribution in [0, 0.1) is 11.8 Å². The maximum absolute atomic E-state index is 14.5. The zero-order valence-corrected chi connectivity index (χ0v) is 25.0. The van der Waals surface area contributed by atoms with E-state index in [0.717, 1.165) is 18.4 Å². The predicted molar refractivity (Wildman–Crippen MR) is 159 cm³/mol. The number of fused-ring (bicyclic) bond motifs is 1. The standard InChI is InChI=1S/C33H43N3O6/c1-5-10-21(3)34-30(39)28-33-18-17-32(4,42-33)26(29(38)35-23-13-15-25(16-14-23)41-6-2)27(33)31(40)36(28)24(20-37)19-22-11-8-7-9-12-22/h7-9,11-16,21,24,26-28,37H,5-6,10,17-20H2,1-4H3,(H,34,39)(H,35,38)/t21?,24-,26-,27+,28?,32+,33?/m1/s1. The molecule has 226 valence electrons. The van der Waals surface area contributed by atoms with Crippen molar-refractivity contribution in [2.75, 3.05) is 18.5 Å². The molecule has 3 unspecified atom stereocenters. The smallest absolute Gasteiger partial charge is 0.246 e. The summed E-state index contributed by atoms with van der Waals surface area (Å²) in [4.78, 5) is 44.0. The molecule has 3 N–H and O–H groups in total. The minimum absolute atomic E-state index is 0.0930. The summed E-state index contributed by atoms with van der Waals surface area (Å²) >= 11 is 0. The summed E-state index contributed by atoms with van der Waals surface area (Å²) in [5.74, 6) is -1.87. The summed E-state index contributed by atoms with van der Waals surface area (Å²) in [6, 6.07) is 15.0. The second kappa shape index (κ2) is 12.1. The fourth-order valence-electron chi connectivity index (χ4n) is 7.44. The first-order chi connectivity index (χ1) is 20.2. The Morgan fingerprint density at radius 2 is 1.81 bits per heavy atom. The lowest BCUT2D eigenvalue weighted by atomic mass is 9.66. The van der Waals surface area contributed by atoms with Crippen LogP contribution >= 0.6 is 0 Å². The van der Waals surface area contributed by atoms with Crippen molar-refractivity contribution in [3.63, 3.8) is 0 Å². The number of nitrogens with zero attached hydrogens (tertiary/aromatic N) is 1. The number of anilines is 1. The average Bonchev–Trinajstić information content (AvgIpc) is 3.54. The maximum atomic E-state index is 14.5. The van der Waals surface area contributed by atoms with Crippen LogP contribution in [0.15, 0.2) is 54.6 Å². The van der Waals surface area contributed by atoms with Gasteiger partial charge in [0.2, 0.25) is 17.7 Å². The molecular weight excluding hydrogens is 534 g/mol. The van der Waals surface area contributed by atoms with Gasteiger partial charge >= 0.3 is 0 Å². The molecule has 2 bridgehead atoms. The van der Waals surface area contributed by atoms with E-state index in [-0.39, 0.29) is 30.4 Å². The molecule has 0 saturated carbocycles. The number of aliphatic hydroxyl groups is 1. The topological polar surface area (TPSA) is 117 Å². The van der Waals surface area contributed by atoms with Crippen molar-refractivity contribution in [3.05, 3.63) is 60.2 Å². The van der Waals surface area contributed by atoms with Crippen molar-refractivity contribution in [1.82, 2.24) is 10.2 Å². The monoisotopic (exact) mass is 577 g/mol. The highest BCUT2D eigenvalue weighted by Crippen LogP contribution is 2.63. The number of carbonyl (C=O) groups excluding carboxylic acids is 3. The van der Waals surface area contributed by atoms with Crippen LogP contribution in [0.1, 0.15) is 58.9 Å². The van der Waals surface area contributed by atoms with Crippen LogP contribution in [0.3, 0.4) is 0 Å². The van der Waals surface area contributed by atoms with Gasteiger partial charge in [0.05, 0.1) is 36.7 Å². The number of amides is 3. The van der Waals surface area contributed by atoms with E-state index >= 15 is 0 Å². The molecule has 3 amide bonds. The lowest BCUT2D eigenvalue weighted by molar-refractivity contribution is -0.149. The molecule has 1 spiro atoms. The third-order valence-corrected chi connectivity index (χ3v) is 9.21. The quantitative estimate of drug-likeness (QED) is 0.354. The number of nitrogens with one attached hydrogen (secondary N) is 2. The first-order valence-corrected chi connectivity index (χ1v) is 15.2. The van der Waals surface area contributed by atoms with Crippen molar-refractivity contribution in [3.8, 4) is 5.75 Å². The van der Waals surface area contributed by atoms with E-state index in [9.17, 15) is 19.5 Å². The molecule has 3 aliphatic heterocycles. The normalized spacial score (nSPS) is 29.2. The zero-order chi connectivity index (χ0) is 30.1. The number of hydrogen-bond acceptors (Lipinski definition) is 6. The van der Waals surface area contributed by atoms with Crippen LogP contribution in [0.2, 0.25) is 0 Å². The maximum Gasteiger partial charge on any atom is 0.246 e. The van der Waals surface area contributed by atoms with Gasteiger partial charge in [0.1, 0.15) is 17.4 Å². The minimum atomic E-state index is -1.16. The number of aliphatic hydroxyl groups excluding tert-OH is 1. The Bertz CT molecular complexity index is 1290. The van der Waals surface area contributed by atoms with Crippen molar-refractivity contribution < 1.29 is 29.0 Å². The third kappa shape index (κ3) is 5.28. The van der Waals surface area contributed by atoms with Crippen LogP contribution in [0.25, 0.3) is 0 Å². The van der Waals surface area contributed by atoms with Crippen molar-refractivity contribution >= 4 is 23.4 Å². The van der Waals surface area contributed by atoms with Gasteiger partial charge in [-0.3, -0.25) is 14.4 Å². The minimum Gasteiger partial charge on any atom is -0.494 e. The Morgan fingerprint density at radius 1 is 1.10 bits per heavy atom. The van der Waals surface area contributed by atoms with E-state index in [0.29, 0.717) is 37.3 Å². The van der Waals surface area contributed by atoms with Crippen molar-refractivity contribution in [2.45, 2.75) is 89.1 Å². The largest absolute Gasteiger partial charge is 0.494 e. The van der Waals surface area contributed by atoms with Crippen LogP contribution in [0.5, 0.6) is 5.75 Å². The molecule has 9 heteroatoms. The predicted octanol–water partition coefficient (Wildman–Crippen LogP) is 3.70. The summed E-state index contributed by atoms with van der Waals surface area (Å²) in [5, 5.41) is 16.7. The van der Waals surface area contributed by atoms with Gasteiger partial charge in [-0.2, -0.15) is 0 Å². The van der Waals surface area contributed by atoms with Gasteiger partial charge in [-0.25, -0.2) is 0 Å². The van der Waals surface area contributed by atoms with Gasteiger partial charge in [0.25, 0.3) is 0 Å². The highest BCUT2D eigenvalue weighted by Gasteiger charge is 2.78. The molecule has 3 heterocycles. The second-order valence-corrected chi connectivity index (χ2v) is 12.1. The number of benzene rings is 2. The number of likely N-dealkylation sites (tertiary alicyclic amines) is 1. The van der Waals surface area contributed by atoms with Gasteiger partial charge in [0.15, 0.2) is 0 Å². The molecule has 9 nitrogen and oxygen atoms in total. The van der Waals surface area contributed by atoms with Crippen molar-refractivity contribution in [2.24, 2.45) is 11.8 Å². The number of hydrogen-bond donors (Lipinski definition) is 3. The summed E-state index contributed by atoms with van der Waals surface area (Å²) in [6.07, 6.45) is 3.09. The van der Waals surface area contributed by atoms with E-state index in [1.165, 1.54) is 4.90 Å². The Morgan fingerprint density at radius 3 is 2.45 bits per heavy atom. The van der Waals surface area contributed by atoms with Gasteiger partial charge in [0, 0.05) is 11.7 Å². The van der Waals surface area contributed by atoms with E-state index in [4.69, 9.17) is 9.47 Å². The first kappa shape index (κ1) is 30.0. The Hall–Kier alpha value is -3.43. The summed E-state index contributed by atoms with van der Waals surface area (Å²) in [7, 11) is 0. The van der Waals surface area contributed by atoms with Crippen molar-refractivity contribution in [1.29, 1.82) is 0 Å². The van der Waals surface area contributed by atoms with Gasteiger partial charge in [-0.15, -0.1) is 0 Å². The van der Waals surface area contributed by atoms with Crippen LogP contribution in [0.4, 0.5) is 5.69 Å². The molecule has 0 radical (unpaired) electrons. The summed E-state index contributed by atoms with van der Waals surface area (Å²) in [5.41, 5.74) is -0.526. The number of rotatable bonds is 12. The second-order valence-electron chi connectivity index (χ2n) is 12.1. The molecule has 3 aliphatic rings. The molecule has 0 aliphatic carbocycles. The highest BCUT2D eigenvalue weighted by atomic mass is 16.5. The summed E-state index contributed by atoms with van der Waals surface area (Å²) in [6.45, 7) is 8.01. The highest BCUT2D eigenvalue weighted by molar-refractivity contribution is 6.02. The third-order valence-electron chi connectivity index (χ3n) is 9.21. The molecule has 2 aromatic carbocycles. The Labute approximate surface area is 248 Å². The van der Waals surface area contributed by atoms with E-state index in [1.807, 2.05) is 51.1 Å². The fraction of sp³-hybridized carbons (Fsp3) is 0.545. The molecule has 5 rings (SSSR count). The van der Waals surface area contributed by atoms with Gasteiger partial charge in [-0.05, 0) is 76.3 Å². The summed E-state index contributed by atoms with van der Waals surface area (Å²) < 4.78 is 12.2. The lowest BCUT2D eigenvalue weighted by Gasteiger charge is -2.37. The van der Waals surface area contributed by atoms with E-state index in [1.54, 1.807) is 24.3 Å². The van der Waals surface area contributed by atoms with Crippen LogP contribution in [-0.2, 0) is 25.5 Å². The molecule has 3 fully saturated rings. The molecule has 3 saturated heterocycles. The van der Waals surface area contributed by atoms with Crippen LogP contribution in [-0.4, -0.2) is 70.3 Å². The molecule has 7 atom stereocenters. The molecule has 0 aromatic heterocycles. The van der Waals surface area contributed by atoms with Crippen LogP contribution < -0.4 is 15.4 Å². The molecule has 2 aromatic rings. The SMILES string of the molecule is CCCC(C)NC(=O)C1N([C@@H](CO)Cc2ccccc2)C(=O)[C@@H]2[C@H](C(=O)Nc3ccc(OCC)cc3)[C@]3(C)CCC12O3. The first-order valence-electron chi connectivity index (χ1n) is 15.2. The Kier molecular flexibility index (Phi) is 8.62. The lowest BCUT2D eigenvalue weighted by Crippen LogP contribution is -2.59. The zero-order valence-electron chi connectivity index (χ0n) is 25.0. The fourth-order valence-corrected chi connectivity index (χ4v) is 7.44. The average molecular weight is 578 g/mol. The van der Waals surface area contributed by atoms with E-state index in [2.05, 4.69) is 17.6 Å². The van der Waals surface area contributed by atoms with Gasteiger partial charge in [-0.1, -0.05) is 43.7 Å². The van der Waals surface area contributed by atoms with Gasteiger partial charge < -0.3 is 30.1 Å². The number of ether oxygens (including phenoxy) is 2. The number of carbonyl (C=O) groups is 3.